The summed E-state index contributed by atoms with van der Waals surface area (Å²) in [6, 6.07) is 10.1. The second kappa shape index (κ2) is 8.37. The minimum atomic E-state index is -0.481. The van der Waals surface area contributed by atoms with Gasteiger partial charge in [-0.3, -0.25) is 14.8 Å². The number of aliphatic imine (C=N–C) groups is 2. The standard InChI is InChI=1S/C23H21N3O/c1-25-22-14-19(12-20(23(22)26-2)13-21(27)15-24)18-10-8-17(9-11-18)16-6-4-3-5-7-16/h4,6-12,14H,3,5,13H2,1-2H3. The Bertz CT molecular complexity index is 977. The summed E-state index contributed by atoms with van der Waals surface area (Å²) in [5.74, 6) is -0.481. The van der Waals surface area contributed by atoms with Crippen LogP contribution in [0.2, 0.25) is 0 Å². The van der Waals surface area contributed by atoms with E-state index < -0.39 is 5.78 Å². The van der Waals surface area contributed by atoms with Crippen molar-refractivity contribution in [2.45, 2.75) is 19.3 Å². The average Bonchev–Trinajstić information content (AvgIpc) is 2.73. The number of nitriles is 1. The lowest BCUT2D eigenvalue weighted by Crippen LogP contribution is -2.20. The summed E-state index contributed by atoms with van der Waals surface area (Å²) in [5, 5.41) is 8.86. The molecule has 0 fully saturated rings. The van der Waals surface area contributed by atoms with Crippen molar-refractivity contribution < 1.29 is 4.79 Å². The van der Waals surface area contributed by atoms with E-state index in [0.29, 0.717) is 5.71 Å². The maximum Gasteiger partial charge on any atom is 0.236 e. The van der Waals surface area contributed by atoms with E-state index in [0.717, 1.165) is 35.3 Å². The zero-order valence-electron chi connectivity index (χ0n) is 15.6. The maximum atomic E-state index is 11.7. The minimum Gasteiger partial charge on any atom is -0.286 e. The fourth-order valence-electron chi connectivity index (χ4n) is 3.30. The van der Waals surface area contributed by atoms with Crippen molar-refractivity contribution in [3.63, 3.8) is 0 Å². The van der Waals surface area contributed by atoms with Crippen LogP contribution in [0.5, 0.6) is 0 Å². The van der Waals surface area contributed by atoms with Gasteiger partial charge in [-0.25, -0.2) is 0 Å². The lowest BCUT2D eigenvalue weighted by Gasteiger charge is -2.17. The van der Waals surface area contributed by atoms with Crippen LogP contribution in [0.4, 0.5) is 0 Å². The molecule has 4 nitrogen and oxygen atoms in total. The van der Waals surface area contributed by atoms with Crippen LogP contribution < -0.4 is 0 Å². The summed E-state index contributed by atoms with van der Waals surface area (Å²) in [5.41, 5.74) is 6.55. The summed E-state index contributed by atoms with van der Waals surface area (Å²) < 4.78 is 0. The highest BCUT2D eigenvalue weighted by Crippen LogP contribution is 2.27. The number of carbonyl (C=O) groups excluding carboxylic acids is 1. The molecule has 0 heterocycles. The number of nitrogens with zero attached hydrogens (tertiary/aromatic N) is 3. The molecule has 3 rings (SSSR count). The van der Waals surface area contributed by atoms with Crippen LogP contribution in [0.1, 0.15) is 30.4 Å². The van der Waals surface area contributed by atoms with Crippen molar-refractivity contribution in [1.82, 2.24) is 0 Å². The van der Waals surface area contributed by atoms with E-state index in [4.69, 9.17) is 5.26 Å². The molecule has 2 aliphatic carbocycles. The molecule has 4 heteroatoms. The SMILES string of the molecule is CN=C1C=C(c2ccc(C3=CCCC=C3)cc2)C=C(CC(=O)C#N)C1=NC. The smallest absolute Gasteiger partial charge is 0.236 e. The zero-order valence-corrected chi connectivity index (χ0v) is 15.6. The molecule has 0 unspecified atom stereocenters. The van der Waals surface area contributed by atoms with Gasteiger partial charge in [0.15, 0.2) is 0 Å². The lowest BCUT2D eigenvalue weighted by atomic mass is 9.88. The van der Waals surface area contributed by atoms with E-state index in [-0.39, 0.29) is 6.42 Å². The van der Waals surface area contributed by atoms with Gasteiger partial charge < -0.3 is 0 Å². The van der Waals surface area contributed by atoms with Gasteiger partial charge in [-0.15, -0.1) is 0 Å². The van der Waals surface area contributed by atoms with E-state index in [1.807, 2.05) is 12.2 Å². The maximum absolute atomic E-state index is 11.7. The van der Waals surface area contributed by atoms with Crippen LogP contribution in [-0.4, -0.2) is 31.3 Å². The van der Waals surface area contributed by atoms with E-state index in [1.54, 1.807) is 20.2 Å². The fourth-order valence-corrected chi connectivity index (χ4v) is 3.30. The number of carbonyl (C=O) groups is 1. The number of allylic oxidation sites excluding steroid dienone is 8. The molecule has 0 bridgehead atoms. The van der Waals surface area contributed by atoms with Crippen molar-refractivity contribution in [3.8, 4) is 6.07 Å². The minimum absolute atomic E-state index is 0.0370. The molecule has 1 aromatic carbocycles. The molecule has 0 atom stereocenters. The van der Waals surface area contributed by atoms with Crippen LogP contribution in [-0.2, 0) is 4.79 Å². The second-order valence-electron chi connectivity index (χ2n) is 6.38. The van der Waals surface area contributed by atoms with Crippen LogP contribution in [0.3, 0.4) is 0 Å². The van der Waals surface area contributed by atoms with Crippen LogP contribution in [0.25, 0.3) is 11.1 Å². The summed E-state index contributed by atoms with van der Waals surface area (Å²) in [7, 11) is 3.37. The lowest BCUT2D eigenvalue weighted by molar-refractivity contribution is -0.113. The first kappa shape index (κ1) is 18.5. The average molecular weight is 355 g/mol. The summed E-state index contributed by atoms with van der Waals surface area (Å²) in [4.78, 5) is 20.2. The molecule has 0 amide bonds. The molecule has 2 aliphatic rings. The molecule has 0 saturated heterocycles. The Labute approximate surface area is 159 Å². The highest BCUT2D eigenvalue weighted by atomic mass is 16.1. The summed E-state index contributed by atoms with van der Waals surface area (Å²) in [6.45, 7) is 0. The zero-order chi connectivity index (χ0) is 19.2. The molecule has 1 aromatic rings. The Hall–Kier alpha value is -3.32. The van der Waals surface area contributed by atoms with Crippen molar-refractivity contribution in [2.75, 3.05) is 14.1 Å². The van der Waals surface area contributed by atoms with Gasteiger partial charge in [-0.05, 0) is 52.8 Å². The monoisotopic (exact) mass is 355 g/mol. The molecule has 0 spiro atoms. The number of ketones is 1. The third kappa shape index (κ3) is 4.09. The number of rotatable bonds is 4. The topological polar surface area (TPSA) is 65.6 Å². The number of benzene rings is 1. The molecule has 0 aromatic heterocycles. The predicted octanol–water partition coefficient (Wildman–Crippen LogP) is 4.37. The van der Waals surface area contributed by atoms with Crippen molar-refractivity contribution in [3.05, 3.63) is 71.3 Å². The van der Waals surface area contributed by atoms with E-state index in [1.165, 1.54) is 11.1 Å². The number of hydrogen-bond acceptors (Lipinski definition) is 4. The first-order valence-corrected chi connectivity index (χ1v) is 8.93. The number of hydrogen-bond donors (Lipinski definition) is 0. The summed E-state index contributed by atoms with van der Waals surface area (Å²) in [6.07, 6.45) is 12.7. The first-order valence-electron chi connectivity index (χ1n) is 8.93. The normalized spacial score (nSPS) is 19.4. The van der Waals surface area contributed by atoms with Crippen molar-refractivity contribution in [1.29, 1.82) is 5.26 Å². The number of Topliss-reactive ketones (excluding diaryl/α,β-unsaturated/α-hetero) is 1. The van der Waals surface area contributed by atoms with Gasteiger partial charge >= 0.3 is 0 Å². The molecule has 0 radical (unpaired) electrons. The van der Waals surface area contributed by atoms with Crippen LogP contribution >= 0.6 is 0 Å². The van der Waals surface area contributed by atoms with Gasteiger partial charge in [-0.2, -0.15) is 5.26 Å². The molecule has 0 N–H and O–H groups in total. The Balaban J connectivity index is 1.96. The van der Waals surface area contributed by atoms with Crippen LogP contribution in [0.15, 0.2) is 70.2 Å². The largest absolute Gasteiger partial charge is 0.286 e. The summed E-state index contributed by atoms with van der Waals surface area (Å²) >= 11 is 0. The van der Waals surface area contributed by atoms with Crippen LogP contribution in [0, 0.1) is 11.3 Å². The van der Waals surface area contributed by atoms with Crippen molar-refractivity contribution >= 4 is 28.4 Å². The van der Waals surface area contributed by atoms with Gasteiger partial charge in [-0.1, -0.05) is 42.5 Å². The van der Waals surface area contributed by atoms with E-state index in [2.05, 4.69) is 52.5 Å². The molecule has 0 saturated carbocycles. The molecule has 27 heavy (non-hydrogen) atoms. The molecular formula is C23H21N3O. The highest BCUT2D eigenvalue weighted by molar-refractivity contribution is 6.54. The van der Waals surface area contributed by atoms with Gasteiger partial charge in [0, 0.05) is 20.5 Å². The Morgan fingerprint density at radius 3 is 2.30 bits per heavy atom. The molecule has 134 valence electrons. The van der Waals surface area contributed by atoms with Gasteiger partial charge in [0.1, 0.15) is 6.07 Å². The Kier molecular flexibility index (Phi) is 5.73. The van der Waals surface area contributed by atoms with E-state index in [9.17, 15) is 4.79 Å². The molecular weight excluding hydrogens is 334 g/mol. The van der Waals surface area contributed by atoms with Crippen molar-refractivity contribution in [2.24, 2.45) is 9.98 Å². The predicted molar refractivity (Wildman–Crippen MR) is 111 cm³/mol. The highest BCUT2D eigenvalue weighted by Gasteiger charge is 2.20. The van der Waals surface area contributed by atoms with E-state index >= 15 is 0 Å². The fraction of sp³-hybridized carbons (Fsp3) is 0.217. The third-order valence-electron chi connectivity index (χ3n) is 4.66. The quantitative estimate of drug-likeness (QED) is 0.595. The third-order valence-corrected chi connectivity index (χ3v) is 4.66. The Morgan fingerprint density at radius 2 is 1.74 bits per heavy atom. The second-order valence-corrected chi connectivity index (χ2v) is 6.38. The first-order chi connectivity index (χ1) is 13.2. The van der Waals surface area contributed by atoms with Gasteiger partial charge in [0.2, 0.25) is 5.78 Å². The van der Waals surface area contributed by atoms with Gasteiger partial charge in [0.05, 0.1) is 11.4 Å². The molecule has 0 aliphatic heterocycles. The van der Waals surface area contributed by atoms with Gasteiger partial charge in [0.25, 0.3) is 0 Å². The Morgan fingerprint density at radius 1 is 1.04 bits per heavy atom.